The second-order valence-electron chi connectivity index (χ2n) is 8.94. The predicted octanol–water partition coefficient (Wildman–Crippen LogP) is 2.96. The average Bonchev–Trinajstić information content (AvgIpc) is 2.85. The summed E-state index contributed by atoms with van der Waals surface area (Å²) in [5.74, 6) is -0.824. The van der Waals surface area contributed by atoms with Gasteiger partial charge in [-0.25, -0.2) is 13.1 Å². The third-order valence-corrected chi connectivity index (χ3v) is 7.48. The number of hydrogen-bond acceptors (Lipinski definition) is 5. The van der Waals surface area contributed by atoms with Crippen molar-refractivity contribution in [3.05, 3.63) is 72.3 Å². The smallest absolute Gasteiger partial charge is 0.241 e. The Balaban J connectivity index is 1.46. The Morgan fingerprint density at radius 2 is 1.58 bits per heavy atom. The van der Waals surface area contributed by atoms with E-state index in [4.69, 9.17) is 5.73 Å². The normalized spacial score (nSPS) is 12.3. The number of anilines is 1. The summed E-state index contributed by atoms with van der Waals surface area (Å²) in [4.78, 5) is 26.2. The van der Waals surface area contributed by atoms with Crippen molar-refractivity contribution in [3.8, 4) is 0 Å². The lowest BCUT2D eigenvalue weighted by atomic mass is 10.1. The molecule has 3 rings (SSSR count). The number of sulfonamides is 1. The first-order chi connectivity index (χ1) is 17.2. The zero-order valence-corrected chi connectivity index (χ0v) is 21.6. The summed E-state index contributed by atoms with van der Waals surface area (Å²) in [5.41, 5.74) is 7.32. The van der Waals surface area contributed by atoms with E-state index in [9.17, 15) is 18.0 Å². The Morgan fingerprint density at radius 1 is 0.889 bits per heavy atom. The number of hydrogen-bond donors (Lipinski definition) is 3. The maximum atomic E-state index is 13.0. The fourth-order valence-electron chi connectivity index (χ4n) is 4.10. The molecule has 9 heteroatoms. The van der Waals surface area contributed by atoms with Gasteiger partial charge in [-0.3, -0.25) is 9.59 Å². The van der Waals surface area contributed by atoms with E-state index in [-0.39, 0.29) is 23.8 Å². The molecule has 0 unspecified atom stereocenters. The molecule has 2 amide bonds. The highest BCUT2D eigenvalue weighted by molar-refractivity contribution is 7.89. The number of nitrogens with two attached hydrogens (primary N) is 1. The second kappa shape index (κ2) is 12.5. The third-order valence-electron chi connectivity index (χ3n) is 5.96. The Kier molecular flexibility index (Phi) is 9.44. The molecule has 3 aromatic rings. The zero-order chi connectivity index (χ0) is 26.1. The monoisotopic (exact) mass is 510 g/mol. The third kappa shape index (κ3) is 7.29. The molecule has 36 heavy (non-hydrogen) atoms. The van der Waals surface area contributed by atoms with Crippen LogP contribution in [-0.4, -0.2) is 46.9 Å². The van der Waals surface area contributed by atoms with Crippen LogP contribution < -0.4 is 20.7 Å². The Morgan fingerprint density at radius 3 is 2.28 bits per heavy atom. The highest BCUT2D eigenvalue weighted by Gasteiger charge is 2.19. The summed E-state index contributed by atoms with van der Waals surface area (Å²) in [5, 5.41) is 4.25. The molecule has 8 nitrogen and oxygen atoms in total. The molecule has 0 fully saturated rings. The van der Waals surface area contributed by atoms with Gasteiger partial charge in [-0.2, -0.15) is 0 Å². The van der Waals surface area contributed by atoms with Crippen molar-refractivity contribution in [2.45, 2.75) is 43.0 Å². The van der Waals surface area contributed by atoms with Crippen LogP contribution in [-0.2, 0) is 26.0 Å². The van der Waals surface area contributed by atoms with E-state index in [1.807, 2.05) is 73.6 Å². The maximum Gasteiger partial charge on any atom is 0.241 e. The molecule has 192 valence electrons. The van der Waals surface area contributed by atoms with Crippen LogP contribution in [0.5, 0.6) is 0 Å². The summed E-state index contributed by atoms with van der Waals surface area (Å²) >= 11 is 0. The van der Waals surface area contributed by atoms with Gasteiger partial charge in [-0.1, -0.05) is 61.0 Å². The zero-order valence-electron chi connectivity index (χ0n) is 20.7. The van der Waals surface area contributed by atoms with Crippen molar-refractivity contribution >= 4 is 38.3 Å². The topological polar surface area (TPSA) is 122 Å². The van der Waals surface area contributed by atoms with E-state index >= 15 is 0 Å². The molecular formula is C27H34N4O4S. The van der Waals surface area contributed by atoms with Crippen molar-refractivity contribution in [2.24, 2.45) is 5.73 Å². The Bertz CT molecular complexity index is 1290. The number of carbonyl (C=O) groups is 2. The van der Waals surface area contributed by atoms with E-state index in [0.29, 0.717) is 31.1 Å². The van der Waals surface area contributed by atoms with Crippen molar-refractivity contribution < 1.29 is 18.0 Å². The van der Waals surface area contributed by atoms with E-state index in [1.165, 1.54) is 0 Å². The lowest BCUT2D eigenvalue weighted by molar-refractivity contribution is -0.127. The minimum Gasteiger partial charge on any atom is -0.377 e. The molecule has 0 aromatic heterocycles. The van der Waals surface area contributed by atoms with Gasteiger partial charge in [0, 0.05) is 49.9 Å². The lowest BCUT2D eigenvalue weighted by Crippen LogP contribution is -2.45. The standard InChI is InChI=1S/C27H34N4O4S/c1-31(2)24-15-9-14-22-21(24)13-10-16-25(22)36(34,35)29-18-8-4-7-17-26(32)30-23(27(28)33)19-20-11-5-3-6-12-20/h3,5-6,9-16,23,29H,4,7-8,17-19H2,1-2H3,(H2,28,33)(H,30,32)/t23-/m0/s1. The fraction of sp³-hybridized carbons (Fsp3) is 0.333. The van der Waals surface area contributed by atoms with E-state index in [2.05, 4.69) is 10.0 Å². The largest absolute Gasteiger partial charge is 0.377 e. The molecule has 0 bridgehead atoms. The SMILES string of the molecule is CN(C)c1cccc2c(S(=O)(=O)NCCCCCC(=O)N[C@@H](Cc3ccccc3)C(N)=O)cccc12. The number of benzene rings is 3. The van der Waals surface area contributed by atoms with E-state index < -0.39 is 22.0 Å². The summed E-state index contributed by atoms with van der Waals surface area (Å²) < 4.78 is 28.6. The van der Waals surface area contributed by atoms with Crippen LogP contribution in [0.4, 0.5) is 5.69 Å². The highest BCUT2D eigenvalue weighted by Crippen LogP contribution is 2.30. The number of rotatable bonds is 13. The first-order valence-electron chi connectivity index (χ1n) is 12.0. The minimum atomic E-state index is -3.69. The molecule has 4 N–H and O–H groups in total. The fourth-order valence-corrected chi connectivity index (χ4v) is 5.39. The minimum absolute atomic E-state index is 0.238. The summed E-state index contributed by atoms with van der Waals surface area (Å²) in [7, 11) is 0.158. The lowest BCUT2D eigenvalue weighted by Gasteiger charge is -2.17. The summed E-state index contributed by atoms with van der Waals surface area (Å²) in [6.45, 7) is 0.269. The van der Waals surface area contributed by atoms with Gasteiger partial charge >= 0.3 is 0 Å². The molecule has 0 aliphatic heterocycles. The molecular weight excluding hydrogens is 476 g/mol. The van der Waals surface area contributed by atoms with Gasteiger partial charge in [0.25, 0.3) is 0 Å². The molecule has 0 heterocycles. The van der Waals surface area contributed by atoms with Crippen molar-refractivity contribution in [1.82, 2.24) is 10.0 Å². The van der Waals surface area contributed by atoms with Crippen molar-refractivity contribution in [2.75, 3.05) is 25.5 Å². The van der Waals surface area contributed by atoms with Crippen LogP contribution in [0.1, 0.15) is 31.2 Å². The summed E-state index contributed by atoms with van der Waals surface area (Å²) in [6.07, 6.45) is 2.40. The van der Waals surface area contributed by atoms with Gasteiger partial charge in [-0.15, -0.1) is 0 Å². The van der Waals surface area contributed by atoms with E-state index in [1.54, 1.807) is 12.1 Å². The van der Waals surface area contributed by atoms with Gasteiger partial charge in [0.15, 0.2) is 0 Å². The predicted molar refractivity (Wildman–Crippen MR) is 143 cm³/mol. The first kappa shape index (κ1) is 27.2. The van der Waals surface area contributed by atoms with Gasteiger partial charge < -0.3 is 16.0 Å². The number of nitrogens with one attached hydrogen (secondary N) is 2. The van der Waals surface area contributed by atoms with Gasteiger partial charge in [0.2, 0.25) is 21.8 Å². The van der Waals surface area contributed by atoms with Crippen molar-refractivity contribution in [1.29, 1.82) is 0 Å². The molecule has 0 aliphatic rings. The molecule has 0 saturated carbocycles. The Labute approximate surface area is 212 Å². The van der Waals surface area contributed by atoms with Crippen LogP contribution in [0.3, 0.4) is 0 Å². The van der Waals surface area contributed by atoms with Crippen LogP contribution in [0.2, 0.25) is 0 Å². The van der Waals surface area contributed by atoms with E-state index in [0.717, 1.165) is 16.6 Å². The number of unbranched alkanes of at least 4 members (excludes halogenated alkanes) is 2. The number of amides is 2. The Hall–Kier alpha value is -3.43. The molecule has 0 saturated heterocycles. The molecule has 3 aromatic carbocycles. The van der Waals surface area contributed by atoms with Crippen LogP contribution in [0.25, 0.3) is 10.8 Å². The number of nitrogens with zero attached hydrogens (tertiary/aromatic N) is 1. The number of carbonyl (C=O) groups excluding carboxylic acids is 2. The van der Waals surface area contributed by atoms with Gasteiger partial charge in [0.05, 0.1) is 4.90 Å². The summed E-state index contributed by atoms with van der Waals surface area (Å²) in [6, 6.07) is 19.5. The molecule has 0 spiro atoms. The maximum absolute atomic E-state index is 13.0. The average molecular weight is 511 g/mol. The van der Waals surface area contributed by atoms with Crippen LogP contribution in [0, 0.1) is 0 Å². The number of fused-ring (bicyclic) bond motifs is 1. The van der Waals surface area contributed by atoms with Crippen LogP contribution in [0.15, 0.2) is 71.6 Å². The first-order valence-corrected chi connectivity index (χ1v) is 13.5. The van der Waals surface area contributed by atoms with Gasteiger partial charge in [-0.05, 0) is 30.5 Å². The molecule has 0 radical (unpaired) electrons. The van der Waals surface area contributed by atoms with Crippen molar-refractivity contribution in [3.63, 3.8) is 0 Å². The highest BCUT2D eigenvalue weighted by atomic mass is 32.2. The number of primary amides is 1. The van der Waals surface area contributed by atoms with Crippen LogP contribution >= 0.6 is 0 Å². The quantitative estimate of drug-likeness (QED) is 0.305. The molecule has 0 aliphatic carbocycles. The molecule has 1 atom stereocenters. The van der Waals surface area contributed by atoms with Gasteiger partial charge in [0.1, 0.15) is 6.04 Å². The second-order valence-corrected chi connectivity index (χ2v) is 10.7.